The van der Waals surface area contributed by atoms with E-state index >= 15 is 0 Å². The summed E-state index contributed by atoms with van der Waals surface area (Å²) in [5, 5.41) is 9.99. The molecule has 0 aromatic heterocycles. The van der Waals surface area contributed by atoms with E-state index in [1.165, 1.54) is 10.4 Å². The van der Waals surface area contributed by atoms with Gasteiger partial charge in [-0.3, -0.25) is 4.90 Å². The van der Waals surface area contributed by atoms with Crippen molar-refractivity contribution in [2.75, 3.05) is 26.2 Å². The second-order valence-corrected chi connectivity index (χ2v) is 8.71. The van der Waals surface area contributed by atoms with E-state index in [0.29, 0.717) is 31.2 Å². The van der Waals surface area contributed by atoms with Crippen LogP contribution in [-0.4, -0.2) is 43.8 Å². The lowest BCUT2D eigenvalue weighted by atomic mass is 10.0. The molecule has 136 valence electrons. The van der Waals surface area contributed by atoms with E-state index in [0.717, 1.165) is 11.1 Å². The number of nitriles is 1. The first kappa shape index (κ1) is 18.9. The van der Waals surface area contributed by atoms with Crippen LogP contribution < -0.4 is 0 Å². The molecule has 1 fully saturated rings. The number of benzene rings is 2. The number of halogens is 1. The van der Waals surface area contributed by atoms with Gasteiger partial charge in [0.15, 0.2) is 0 Å². The SMILES string of the molecule is Cc1ccc(C(C#N)N2CCN(S(=O)(=O)c3cccc(Cl)c3)CC2)cc1. The van der Waals surface area contributed by atoms with Gasteiger partial charge in [0, 0.05) is 31.2 Å². The Hall–Kier alpha value is -1.91. The van der Waals surface area contributed by atoms with Gasteiger partial charge in [0.25, 0.3) is 0 Å². The van der Waals surface area contributed by atoms with Gasteiger partial charge >= 0.3 is 0 Å². The molecule has 0 N–H and O–H groups in total. The predicted octanol–water partition coefficient (Wildman–Crippen LogP) is 3.22. The van der Waals surface area contributed by atoms with Crippen molar-refractivity contribution in [3.8, 4) is 6.07 Å². The summed E-state index contributed by atoms with van der Waals surface area (Å²) < 4.78 is 27.0. The first-order valence-electron chi connectivity index (χ1n) is 8.38. The number of aryl methyl sites for hydroxylation is 1. The summed E-state index contributed by atoms with van der Waals surface area (Å²) in [6, 6.07) is 16.2. The molecule has 1 aliphatic heterocycles. The molecule has 3 rings (SSSR count). The third kappa shape index (κ3) is 3.92. The number of sulfonamides is 1. The molecule has 0 aliphatic carbocycles. The van der Waals surface area contributed by atoms with E-state index in [4.69, 9.17) is 11.6 Å². The molecule has 7 heteroatoms. The fourth-order valence-electron chi connectivity index (χ4n) is 3.09. The van der Waals surface area contributed by atoms with Gasteiger partial charge in [-0.25, -0.2) is 8.42 Å². The molecule has 0 saturated carbocycles. The normalized spacial score (nSPS) is 17.6. The van der Waals surface area contributed by atoms with Crippen molar-refractivity contribution in [1.29, 1.82) is 5.26 Å². The highest BCUT2D eigenvalue weighted by molar-refractivity contribution is 7.89. The Bertz CT molecular complexity index is 915. The highest BCUT2D eigenvalue weighted by Gasteiger charge is 2.31. The molecule has 2 aromatic rings. The quantitative estimate of drug-likeness (QED) is 0.805. The largest absolute Gasteiger partial charge is 0.282 e. The van der Waals surface area contributed by atoms with Crippen LogP contribution in [0, 0.1) is 18.3 Å². The Morgan fingerprint density at radius 3 is 2.31 bits per heavy atom. The number of hydrogen-bond donors (Lipinski definition) is 0. The number of hydrogen-bond acceptors (Lipinski definition) is 4. The molecule has 1 heterocycles. The van der Waals surface area contributed by atoms with Crippen molar-refractivity contribution >= 4 is 21.6 Å². The van der Waals surface area contributed by atoms with Crippen molar-refractivity contribution < 1.29 is 8.42 Å². The smallest absolute Gasteiger partial charge is 0.243 e. The fraction of sp³-hybridized carbons (Fsp3) is 0.316. The van der Waals surface area contributed by atoms with Crippen LogP contribution in [0.2, 0.25) is 5.02 Å². The van der Waals surface area contributed by atoms with Crippen molar-refractivity contribution in [2.24, 2.45) is 0 Å². The zero-order valence-corrected chi connectivity index (χ0v) is 16.0. The van der Waals surface area contributed by atoms with Gasteiger partial charge in [-0.15, -0.1) is 0 Å². The molecular formula is C19H20ClN3O2S. The lowest BCUT2D eigenvalue weighted by Gasteiger charge is -2.36. The molecule has 0 amide bonds. The maximum Gasteiger partial charge on any atom is 0.243 e. The molecule has 26 heavy (non-hydrogen) atoms. The van der Waals surface area contributed by atoms with Crippen LogP contribution in [0.25, 0.3) is 0 Å². The van der Waals surface area contributed by atoms with Crippen LogP contribution >= 0.6 is 11.6 Å². The summed E-state index contributed by atoms with van der Waals surface area (Å²) >= 11 is 5.93. The van der Waals surface area contributed by atoms with Crippen LogP contribution in [0.5, 0.6) is 0 Å². The monoisotopic (exact) mass is 389 g/mol. The van der Waals surface area contributed by atoms with E-state index in [1.54, 1.807) is 18.2 Å². The summed E-state index contributed by atoms with van der Waals surface area (Å²) in [5.41, 5.74) is 2.08. The van der Waals surface area contributed by atoms with Crippen LogP contribution in [-0.2, 0) is 10.0 Å². The van der Waals surface area contributed by atoms with E-state index in [1.807, 2.05) is 36.1 Å². The molecule has 0 spiro atoms. The van der Waals surface area contributed by atoms with Gasteiger partial charge in [-0.2, -0.15) is 9.57 Å². The minimum absolute atomic E-state index is 0.203. The lowest BCUT2D eigenvalue weighted by molar-refractivity contribution is 0.162. The molecule has 0 bridgehead atoms. The molecule has 1 unspecified atom stereocenters. The lowest BCUT2D eigenvalue weighted by Crippen LogP contribution is -2.49. The number of rotatable bonds is 4. The highest BCUT2D eigenvalue weighted by atomic mass is 35.5. The van der Waals surface area contributed by atoms with Crippen molar-refractivity contribution in [3.05, 3.63) is 64.7 Å². The van der Waals surface area contributed by atoms with Crippen LogP contribution in [0.15, 0.2) is 53.4 Å². The zero-order valence-electron chi connectivity index (χ0n) is 14.5. The Morgan fingerprint density at radius 2 is 1.73 bits per heavy atom. The molecule has 1 saturated heterocycles. The standard InChI is InChI=1S/C19H20ClN3O2S/c1-15-5-7-16(8-6-15)19(14-21)22-9-11-23(12-10-22)26(24,25)18-4-2-3-17(20)13-18/h2-8,13,19H,9-12H2,1H3. The van der Waals surface area contributed by atoms with E-state index in [9.17, 15) is 13.7 Å². The van der Waals surface area contributed by atoms with E-state index in [-0.39, 0.29) is 10.9 Å². The first-order valence-corrected chi connectivity index (χ1v) is 10.2. The van der Waals surface area contributed by atoms with Gasteiger partial charge < -0.3 is 0 Å². The van der Waals surface area contributed by atoms with Gasteiger partial charge in [0.05, 0.1) is 11.0 Å². The second-order valence-electron chi connectivity index (χ2n) is 6.34. The first-order chi connectivity index (χ1) is 12.4. The average Bonchev–Trinajstić information content (AvgIpc) is 2.64. The van der Waals surface area contributed by atoms with Crippen LogP contribution in [0.4, 0.5) is 0 Å². The summed E-state index contributed by atoms with van der Waals surface area (Å²) in [6.07, 6.45) is 0. The Kier molecular flexibility index (Phi) is 5.64. The fourth-order valence-corrected chi connectivity index (χ4v) is 4.82. The van der Waals surface area contributed by atoms with Gasteiger partial charge in [-0.05, 0) is 30.7 Å². The topological polar surface area (TPSA) is 64.4 Å². The summed E-state index contributed by atoms with van der Waals surface area (Å²) in [7, 11) is -3.57. The summed E-state index contributed by atoms with van der Waals surface area (Å²) in [4.78, 5) is 2.23. The zero-order chi connectivity index (χ0) is 18.7. The van der Waals surface area contributed by atoms with Gasteiger partial charge in [0.1, 0.15) is 6.04 Å². The number of piperazine rings is 1. The maximum atomic E-state index is 12.8. The Balaban J connectivity index is 1.72. The Morgan fingerprint density at radius 1 is 1.08 bits per heavy atom. The highest BCUT2D eigenvalue weighted by Crippen LogP contribution is 2.25. The Labute approximate surface area is 159 Å². The van der Waals surface area contributed by atoms with Gasteiger partial charge in [0.2, 0.25) is 10.0 Å². The molecule has 1 atom stereocenters. The van der Waals surface area contributed by atoms with Gasteiger partial charge in [-0.1, -0.05) is 47.5 Å². The van der Waals surface area contributed by atoms with E-state index < -0.39 is 10.0 Å². The molecule has 2 aromatic carbocycles. The summed E-state index contributed by atoms with van der Waals surface area (Å²) in [5.74, 6) is 0. The average molecular weight is 390 g/mol. The third-order valence-electron chi connectivity index (χ3n) is 4.59. The maximum absolute atomic E-state index is 12.8. The summed E-state index contributed by atoms with van der Waals surface area (Å²) in [6.45, 7) is 3.71. The second kappa shape index (κ2) is 7.77. The molecular weight excluding hydrogens is 370 g/mol. The van der Waals surface area contributed by atoms with Crippen LogP contribution in [0.1, 0.15) is 17.2 Å². The minimum Gasteiger partial charge on any atom is -0.282 e. The minimum atomic E-state index is -3.57. The molecule has 0 radical (unpaired) electrons. The molecule has 1 aliphatic rings. The predicted molar refractivity (Wildman–Crippen MR) is 101 cm³/mol. The molecule has 5 nitrogen and oxygen atoms in total. The third-order valence-corrected chi connectivity index (χ3v) is 6.72. The van der Waals surface area contributed by atoms with Crippen molar-refractivity contribution in [3.63, 3.8) is 0 Å². The van der Waals surface area contributed by atoms with Crippen molar-refractivity contribution in [2.45, 2.75) is 17.9 Å². The number of nitrogens with zero attached hydrogens (tertiary/aromatic N) is 3. The van der Waals surface area contributed by atoms with E-state index in [2.05, 4.69) is 6.07 Å². The van der Waals surface area contributed by atoms with Crippen molar-refractivity contribution in [1.82, 2.24) is 9.21 Å². The van der Waals surface area contributed by atoms with Crippen LogP contribution in [0.3, 0.4) is 0 Å².